The fourth-order valence-electron chi connectivity index (χ4n) is 4.75. The molecule has 2 aliphatic rings. The quantitative estimate of drug-likeness (QED) is 0.379. The number of nitrogens with one attached hydrogen (secondary N) is 4. The molecule has 0 aliphatic carbocycles. The molecule has 0 spiro atoms. The molecule has 4 N–H and O–H groups in total. The molecular weight excluding hydrogens is 456 g/mol. The van der Waals surface area contributed by atoms with Gasteiger partial charge in [0.15, 0.2) is 5.65 Å². The van der Waals surface area contributed by atoms with E-state index in [1.807, 2.05) is 30.5 Å². The molecule has 2 aliphatic heterocycles. The lowest BCUT2D eigenvalue weighted by Gasteiger charge is -2.24. The molecule has 1 aromatic carbocycles. The summed E-state index contributed by atoms with van der Waals surface area (Å²) in [7, 11) is 0. The van der Waals surface area contributed by atoms with Crippen molar-refractivity contribution >= 4 is 23.5 Å². The Kier molecular flexibility index (Phi) is 7.62. The number of nitrogens with zero attached hydrogens (tertiary/aromatic N) is 4. The van der Waals surface area contributed by atoms with E-state index in [0.717, 1.165) is 68.8 Å². The number of amides is 1. The molecular formula is C26H36N8O2. The van der Waals surface area contributed by atoms with E-state index >= 15 is 0 Å². The summed E-state index contributed by atoms with van der Waals surface area (Å²) in [6.07, 6.45) is 5.82. The average Bonchev–Trinajstić information content (AvgIpc) is 3.33. The first-order chi connectivity index (χ1) is 17.6. The molecule has 1 unspecified atom stereocenters. The molecule has 1 atom stereocenters. The molecule has 10 nitrogen and oxygen atoms in total. The smallest absolute Gasteiger partial charge is 0.251 e. The van der Waals surface area contributed by atoms with Crippen LogP contribution in [0, 0.1) is 0 Å². The van der Waals surface area contributed by atoms with Gasteiger partial charge in [0.2, 0.25) is 11.9 Å². The number of piperidine rings is 1. The van der Waals surface area contributed by atoms with Crippen molar-refractivity contribution in [2.75, 3.05) is 36.9 Å². The van der Waals surface area contributed by atoms with E-state index < -0.39 is 0 Å². The minimum absolute atomic E-state index is 0.0356. The van der Waals surface area contributed by atoms with Crippen LogP contribution in [-0.4, -0.2) is 63.9 Å². The van der Waals surface area contributed by atoms with E-state index in [4.69, 9.17) is 14.7 Å². The van der Waals surface area contributed by atoms with E-state index in [1.165, 1.54) is 0 Å². The second-order valence-corrected chi connectivity index (χ2v) is 9.96. The summed E-state index contributed by atoms with van der Waals surface area (Å²) in [6.45, 7) is 8.11. The third-order valence-electron chi connectivity index (χ3n) is 6.84. The van der Waals surface area contributed by atoms with Gasteiger partial charge in [-0.3, -0.25) is 4.79 Å². The van der Waals surface area contributed by atoms with E-state index in [2.05, 4.69) is 40.2 Å². The summed E-state index contributed by atoms with van der Waals surface area (Å²) >= 11 is 0. The lowest BCUT2D eigenvalue weighted by Crippen LogP contribution is -2.45. The van der Waals surface area contributed by atoms with Crippen molar-refractivity contribution in [3.63, 3.8) is 0 Å². The average molecular weight is 493 g/mol. The van der Waals surface area contributed by atoms with E-state index in [0.29, 0.717) is 24.0 Å². The summed E-state index contributed by atoms with van der Waals surface area (Å²) in [5, 5.41) is 18.0. The Balaban J connectivity index is 1.33. The highest BCUT2D eigenvalue weighted by Crippen LogP contribution is 2.23. The van der Waals surface area contributed by atoms with E-state index in [-0.39, 0.29) is 23.9 Å². The van der Waals surface area contributed by atoms with Gasteiger partial charge in [-0.25, -0.2) is 0 Å². The van der Waals surface area contributed by atoms with Gasteiger partial charge in [-0.05, 0) is 55.8 Å². The molecule has 5 rings (SSSR count). The summed E-state index contributed by atoms with van der Waals surface area (Å²) < 4.78 is 7.25. The van der Waals surface area contributed by atoms with Gasteiger partial charge >= 0.3 is 0 Å². The Morgan fingerprint density at radius 2 is 2.06 bits per heavy atom. The fraction of sp³-hybridized carbons (Fsp3) is 0.538. The van der Waals surface area contributed by atoms with Crippen molar-refractivity contribution < 1.29 is 9.53 Å². The first-order valence-electron chi connectivity index (χ1n) is 13.0. The predicted octanol–water partition coefficient (Wildman–Crippen LogP) is 2.93. The van der Waals surface area contributed by atoms with Crippen LogP contribution in [0.25, 0.3) is 5.65 Å². The molecule has 0 bridgehead atoms. The number of rotatable bonds is 8. The normalized spacial score (nSPS) is 18.9. The van der Waals surface area contributed by atoms with Gasteiger partial charge in [0, 0.05) is 49.5 Å². The number of carbonyl (C=O) groups is 1. The third kappa shape index (κ3) is 5.76. The van der Waals surface area contributed by atoms with Crippen molar-refractivity contribution in [3.05, 3.63) is 47.2 Å². The topological polar surface area (TPSA) is 118 Å². The molecule has 36 heavy (non-hydrogen) atoms. The number of aromatic nitrogens is 4. The number of ether oxygens (including phenoxy) is 1. The zero-order chi connectivity index (χ0) is 24.9. The van der Waals surface area contributed by atoms with Crippen LogP contribution in [0.2, 0.25) is 0 Å². The van der Waals surface area contributed by atoms with Gasteiger partial charge in [0.05, 0.1) is 6.20 Å². The Hall–Kier alpha value is -3.24. The van der Waals surface area contributed by atoms with Crippen molar-refractivity contribution in [2.45, 2.75) is 64.1 Å². The molecule has 2 aromatic heterocycles. The highest BCUT2D eigenvalue weighted by atomic mass is 16.5. The Labute approximate surface area is 211 Å². The van der Waals surface area contributed by atoms with Crippen molar-refractivity contribution in [2.24, 2.45) is 0 Å². The third-order valence-corrected chi connectivity index (χ3v) is 6.84. The number of carbonyl (C=O) groups excluding carboxylic acids is 1. The molecule has 1 amide bonds. The van der Waals surface area contributed by atoms with Crippen molar-refractivity contribution in [1.82, 2.24) is 30.2 Å². The monoisotopic (exact) mass is 492 g/mol. The van der Waals surface area contributed by atoms with Crippen LogP contribution in [0.4, 0.5) is 11.9 Å². The molecule has 192 valence electrons. The zero-order valence-corrected chi connectivity index (χ0v) is 21.1. The maximum absolute atomic E-state index is 12.8. The number of fused-ring (bicyclic) bond motifs is 1. The van der Waals surface area contributed by atoms with Gasteiger partial charge in [-0.1, -0.05) is 26.0 Å². The highest BCUT2D eigenvalue weighted by molar-refractivity contribution is 5.94. The summed E-state index contributed by atoms with van der Waals surface area (Å²) in [4.78, 5) is 22.4. The molecule has 10 heteroatoms. The maximum atomic E-state index is 12.8. The van der Waals surface area contributed by atoms with Gasteiger partial charge < -0.3 is 26.0 Å². The van der Waals surface area contributed by atoms with E-state index in [9.17, 15) is 4.79 Å². The minimum Gasteiger partial charge on any atom is -0.381 e. The Bertz CT molecular complexity index is 1180. The maximum Gasteiger partial charge on any atom is 0.251 e. The van der Waals surface area contributed by atoms with Crippen LogP contribution in [-0.2, 0) is 11.3 Å². The lowest BCUT2D eigenvalue weighted by atomic mass is 10.1. The number of benzene rings is 1. The Morgan fingerprint density at radius 1 is 1.19 bits per heavy atom. The molecule has 0 saturated carbocycles. The Morgan fingerprint density at radius 3 is 2.83 bits per heavy atom. The molecule has 2 saturated heterocycles. The number of hydrogen-bond donors (Lipinski definition) is 4. The zero-order valence-electron chi connectivity index (χ0n) is 21.1. The minimum atomic E-state index is -0.0356. The summed E-state index contributed by atoms with van der Waals surface area (Å²) in [5.74, 6) is 1.46. The van der Waals surface area contributed by atoms with E-state index in [1.54, 1.807) is 4.52 Å². The second-order valence-electron chi connectivity index (χ2n) is 9.96. The summed E-state index contributed by atoms with van der Waals surface area (Å²) in [6, 6.07) is 8.18. The van der Waals surface area contributed by atoms with Gasteiger partial charge in [0.25, 0.3) is 5.91 Å². The van der Waals surface area contributed by atoms with Crippen LogP contribution in [0.15, 0.2) is 30.5 Å². The lowest BCUT2D eigenvalue weighted by molar-refractivity contribution is 0.0903. The molecule has 2 fully saturated rings. The molecule has 3 aromatic rings. The van der Waals surface area contributed by atoms with Crippen LogP contribution in [0.1, 0.15) is 66.9 Å². The van der Waals surface area contributed by atoms with Crippen LogP contribution in [0.5, 0.6) is 0 Å². The number of anilines is 2. The van der Waals surface area contributed by atoms with Crippen molar-refractivity contribution in [3.8, 4) is 0 Å². The van der Waals surface area contributed by atoms with Gasteiger partial charge in [0.1, 0.15) is 0 Å². The first-order valence-corrected chi connectivity index (χ1v) is 13.0. The standard InChI is InChI=1S/C26H36N8O2/c1-17(2)22-16-29-34-23(22)32-25(31-20-8-11-36-12-9-20)33-26(34)28-14-18-5-3-6-19(13-18)24(35)30-21-7-4-10-27-15-21/h3,5-6,13,16-17,20-21,27H,4,7-12,14-15H2,1-2H3,(H,30,35)(H2,28,31,32,33). The SMILES string of the molecule is CC(C)c1cnn2c(NCc3cccc(C(=O)NC4CCCNC4)c3)nc(NC3CCOCC3)nc12. The van der Waals surface area contributed by atoms with Gasteiger partial charge in [-0.2, -0.15) is 19.6 Å². The van der Waals surface area contributed by atoms with Crippen LogP contribution < -0.4 is 21.3 Å². The van der Waals surface area contributed by atoms with Crippen LogP contribution in [0.3, 0.4) is 0 Å². The number of hydrogen-bond acceptors (Lipinski definition) is 8. The van der Waals surface area contributed by atoms with Gasteiger partial charge in [-0.15, -0.1) is 0 Å². The summed E-state index contributed by atoms with van der Waals surface area (Å²) in [5.41, 5.74) is 3.53. The first kappa shape index (κ1) is 24.5. The molecule has 4 heterocycles. The highest BCUT2D eigenvalue weighted by Gasteiger charge is 2.20. The van der Waals surface area contributed by atoms with Crippen molar-refractivity contribution in [1.29, 1.82) is 0 Å². The fourth-order valence-corrected chi connectivity index (χ4v) is 4.75. The molecule has 0 radical (unpaired) electrons. The predicted molar refractivity (Wildman–Crippen MR) is 139 cm³/mol. The van der Waals surface area contributed by atoms with Crippen LogP contribution >= 0.6 is 0 Å². The largest absolute Gasteiger partial charge is 0.381 e. The second kappa shape index (κ2) is 11.2.